The van der Waals surface area contributed by atoms with E-state index in [0.29, 0.717) is 6.04 Å². The molecule has 0 aliphatic heterocycles. The first-order valence-corrected chi connectivity index (χ1v) is 5.33. The van der Waals surface area contributed by atoms with E-state index in [1.165, 1.54) is 0 Å². The number of nitrogens with zero attached hydrogens (tertiary/aromatic N) is 1. The van der Waals surface area contributed by atoms with Crippen LogP contribution in [0.15, 0.2) is 0 Å². The summed E-state index contributed by atoms with van der Waals surface area (Å²) in [6, 6.07) is 0.472. The molecule has 0 aliphatic rings. The summed E-state index contributed by atoms with van der Waals surface area (Å²) >= 11 is 0. The predicted octanol–water partition coefficient (Wildman–Crippen LogP) is 1.34. The van der Waals surface area contributed by atoms with Crippen LogP contribution in [-0.4, -0.2) is 50.8 Å². The SMILES string of the molecule is CCC(COC)NCC(C)(C)N(C)C. The molecule has 0 fully saturated rings. The lowest BCUT2D eigenvalue weighted by Gasteiger charge is -2.34. The third kappa shape index (κ3) is 4.94. The van der Waals surface area contributed by atoms with Crippen LogP contribution >= 0.6 is 0 Å². The van der Waals surface area contributed by atoms with Gasteiger partial charge in [-0.15, -0.1) is 0 Å². The average Bonchev–Trinajstić information content (AvgIpc) is 2.12. The quantitative estimate of drug-likeness (QED) is 0.674. The fraction of sp³-hybridized carbons (Fsp3) is 1.00. The van der Waals surface area contributed by atoms with E-state index >= 15 is 0 Å². The Labute approximate surface area is 88.8 Å². The highest BCUT2D eigenvalue weighted by Gasteiger charge is 2.21. The van der Waals surface area contributed by atoms with Gasteiger partial charge in [-0.1, -0.05) is 6.92 Å². The van der Waals surface area contributed by atoms with Gasteiger partial charge in [-0.2, -0.15) is 0 Å². The predicted molar refractivity (Wildman–Crippen MR) is 61.7 cm³/mol. The van der Waals surface area contributed by atoms with Crippen LogP contribution < -0.4 is 5.32 Å². The van der Waals surface area contributed by atoms with Gasteiger partial charge in [0.05, 0.1) is 6.61 Å². The van der Waals surface area contributed by atoms with Crippen molar-refractivity contribution in [1.82, 2.24) is 10.2 Å². The molecule has 0 aromatic carbocycles. The van der Waals surface area contributed by atoms with Crippen LogP contribution in [0.2, 0.25) is 0 Å². The van der Waals surface area contributed by atoms with Gasteiger partial charge in [0.25, 0.3) is 0 Å². The second-order valence-corrected chi connectivity index (χ2v) is 4.65. The van der Waals surface area contributed by atoms with Crippen molar-refractivity contribution < 1.29 is 4.74 Å². The molecule has 0 saturated heterocycles. The smallest absolute Gasteiger partial charge is 0.0615 e. The maximum Gasteiger partial charge on any atom is 0.0615 e. The zero-order chi connectivity index (χ0) is 11.2. The Morgan fingerprint density at radius 2 is 1.93 bits per heavy atom. The summed E-state index contributed by atoms with van der Waals surface area (Å²) in [6.45, 7) is 8.43. The Bertz CT molecular complexity index is 146. The Morgan fingerprint density at radius 1 is 1.36 bits per heavy atom. The van der Waals surface area contributed by atoms with Gasteiger partial charge in [-0.05, 0) is 34.4 Å². The summed E-state index contributed by atoms with van der Waals surface area (Å²) in [5.41, 5.74) is 0.196. The van der Waals surface area contributed by atoms with Crippen molar-refractivity contribution in [3.05, 3.63) is 0 Å². The second kappa shape index (κ2) is 6.38. The van der Waals surface area contributed by atoms with Crippen molar-refractivity contribution in [2.24, 2.45) is 0 Å². The molecule has 0 spiro atoms. The highest BCUT2D eigenvalue weighted by Crippen LogP contribution is 2.08. The number of likely N-dealkylation sites (N-methyl/N-ethyl adjacent to an activating group) is 1. The largest absolute Gasteiger partial charge is 0.383 e. The van der Waals surface area contributed by atoms with Gasteiger partial charge in [-0.3, -0.25) is 0 Å². The van der Waals surface area contributed by atoms with Crippen LogP contribution in [0.5, 0.6) is 0 Å². The number of ether oxygens (including phenoxy) is 1. The molecule has 0 rings (SSSR count). The van der Waals surface area contributed by atoms with E-state index in [9.17, 15) is 0 Å². The Kier molecular flexibility index (Phi) is 6.33. The number of rotatable bonds is 7. The third-order valence-corrected chi connectivity index (χ3v) is 2.89. The Hall–Kier alpha value is -0.120. The maximum atomic E-state index is 5.14. The lowest BCUT2D eigenvalue weighted by molar-refractivity contribution is 0.141. The molecule has 1 N–H and O–H groups in total. The molecule has 0 aromatic rings. The molecule has 0 saturated carbocycles. The molecule has 0 aromatic heterocycles. The number of nitrogens with one attached hydrogen (secondary N) is 1. The summed E-state index contributed by atoms with van der Waals surface area (Å²) < 4.78 is 5.14. The monoisotopic (exact) mass is 202 g/mol. The van der Waals surface area contributed by atoms with Crippen molar-refractivity contribution in [3.8, 4) is 0 Å². The molecule has 0 bridgehead atoms. The first-order chi connectivity index (χ1) is 6.44. The van der Waals surface area contributed by atoms with Gasteiger partial charge in [0, 0.05) is 25.2 Å². The lowest BCUT2D eigenvalue weighted by Crippen LogP contribution is -2.49. The van der Waals surface area contributed by atoms with Crippen molar-refractivity contribution in [1.29, 1.82) is 0 Å². The molecule has 1 atom stereocenters. The van der Waals surface area contributed by atoms with Crippen molar-refractivity contribution in [3.63, 3.8) is 0 Å². The summed E-state index contributed by atoms with van der Waals surface area (Å²) in [7, 11) is 5.97. The van der Waals surface area contributed by atoms with Crippen molar-refractivity contribution in [2.75, 3.05) is 34.4 Å². The van der Waals surface area contributed by atoms with Gasteiger partial charge in [0.15, 0.2) is 0 Å². The van der Waals surface area contributed by atoms with E-state index in [1.54, 1.807) is 7.11 Å². The number of hydrogen-bond acceptors (Lipinski definition) is 3. The molecule has 3 nitrogen and oxygen atoms in total. The summed E-state index contributed by atoms with van der Waals surface area (Å²) in [5, 5.41) is 3.53. The first kappa shape index (κ1) is 13.9. The number of hydrogen-bond donors (Lipinski definition) is 1. The molecule has 1 unspecified atom stereocenters. The van der Waals surface area contributed by atoms with Crippen molar-refractivity contribution >= 4 is 0 Å². The third-order valence-electron chi connectivity index (χ3n) is 2.89. The molecule has 0 heterocycles. The summed E-state index contributed by atoms with van der Waals surface area (Å²) in [6.07, 6.45) is 1.11. The molecule has 0 radical (unpaired) electrons. The minimum atomic E-state index is 0.196. The van der Waals surface area contributed by atoms with E-state index in [0.717, 1.165) is 19.6 Å². The van der Waals surface area contributed by atoms with Crippen LogP contribution in [0.25, 0.3) is 0 Å². The van der Waals surface area contributed by atoms with E-state index in [-0.39, 0.29) is 5.54 Å². The summed E-state index contributed by atoms with van der Waals surface area (Å²) in [5.74, 6) is 0. The fourth-order valence-corrected chi connectivity index (χ4v) is 1.07. The molecule has 14 heavy (non-hydrogen) atoms. The first-order valence-electron chi connectivity index (χ1n) is 5.33. The van der Waals surface area contributed by atoms with Gasteiger partial charge in [0.2, 0.25) is 0 Å². The molecule has 86 valence electrons. The molecule has 3 heteroatoms. The minimum absolute atomic E-state index is 0.196. The Morgan fingerprint density at radius 3 is 2.29 bits per heavy atom. The van der Waals surface area contributed by atoms with Crippen molar-refractivity contribution in [2.45, 2.75) is 38.8 Å². The number of methoxy groups -OCH3 is 1. The normalized spacial score (nSPS) is 14.8. The standard InChI is InChI=1S/C11H26N2O/c1-7-10(8-14-6)12-9-11(2,3)13(4)5/h10,12H,7-9H2,1-6H3. The van der Waals surface area contributed by atoms with Gasteiger partial charge in [0.1, 0.15) is 0 Å². The van der Waals surface area contributed by atoms with E-state index < -0.39 is 0 Å². The Balaban J connectivity index is 3.89. The highest BCUT2D eigenvalue weighted by molar-refractivity contribution is 4.81. The zero-order valence-corrected chi connectivity index (χ0v) is 10.6. The second-order valence-electron chi connectivity index (χ2n) is 4.65. The lowest BCUT2D eigenvalue weighted by atomic mass is 10.0. The summed E-state index contributed by atoms with van der Waals surface area (Å²) in [4.78, 5) is 2.24. The molecule has 0 amide bonds. The van der Waals surface area contributed by atoms with Crippen LogP contribution in [-0.2, 0) is 4.74 Å². The van der Waals surface area contributed by atoms with Crippen LogP contribution in [0.3, 0.4) is 0 Å². The van der Waals surface area contributed by atoms with Gasteiger partial charge >= 0.3 is 0 Å². The zero-order valence-electron chi connectivity index (χ0n) is 10.6. The molecular weight excluding hydrogens is 176 g/mol. The van der Waals surface area contributed by atoms with Gasteiger partial charge < -0.3 is 15.0 Å². The minimum Gasteiger partial charge on any atom is -0.383 e. The van der Waals surface area contributed by atoms with Gasteiger partial charge in [-0.25, -0.2) is 0 Å². The van der Waals surface area contributed by atoms with Crippen LogP contribution in [0.1, 0.15) is 27.2 Å². The highest BCUT2D eigenvalue weighted by atomic mass is 16.5. The molecular formula is C11H26N2O. The topological polar surface area (TPSA) is 24.5 Å². The van der Waals surface area contributed by atoms with E-state index in [1.807, 2.05) is 0 Å². The average molecular weight is 202 g/mol. The van der Waals surface area contributed by atoms with Crippen LogP contribution in [0, 0.1) is 0 Å². The van der Waals surface area contributed by atoms with Crippen LogP contribution in [0.4, 0.5) is 0 Å². The van der Waals surface area contributed by atoms with E-state index in [2.05, 4.69) is 45.1 Å². The molecule has 0 aliphatic carbocycles. The van der Waals surface area contributed by atoms with E-state index in [4.69, 9.17) is 4.74 Å². The fourth-order valence-electron chi connectivity index (χ4n) is 1.07. The maximum absolute atomic E-state index is 5.14.